The SMILES string of the molecule is CC(C)(C(N)Cc1ccccc1[N+](=O)[O-])S(C)(=O)=O. The molecule has 106 valence electrons. The number of nitrogens with two attached hydrogens (primary N) is 1. The van der Waals surface area contributed by atoms with Gasteiger partial charge >= 0.3 is 0 Å². The van der Waals surface area contributed by atoms with Crippen molar-refractivity contribution < 1.29 is 13.3 Å². The smallest absolute Gasteiger partial charge is 0.272 e. The summed E-state index contributed by atoms with van der Waals surface area (Å²) in [6.07, 6.45) is 1.25. The van der Waals surface area contributed by atoms with Crippen molar-refractivity contribution in [3.63, 3.8) is 0 Å². The van der Waals surface area contributed by atoms with Crippen molar-refractivity contribution >= 4 is 15.5 Å². The van der Waals surface area contributed by atoms with Gasteiger partial charge in [0.05, 0.1) is 9.67 Å². The van der Waals surface area contributed by atoms with Crippen molar-refractivity contribution in [2.45, 2.75) is 31.1 Å². The maximum atomic E-state index is 11.7. The van der Waals surface area contributed by atoms with Gasteiger partial charge < -0.3 is 5.73 Å². The molecule has 0 saturated heterocycles. The van der Waals surface area contributed by atoms with Crippen LogP contribution in [0, 0.1) is 10.1 Å². The van der Waals surface area contributed by atoms with E-state index in [1.54, 1.807) is 18.2 Å². The highest BCUT2D eigenvalue weighted by atomic mass is 32.2. The van der Waals surface area contributed by atoms with Gasteiger partial charge in [0.15, 0.2) is 9.84 Å². The van der Waals surface area contributed by atoms with Crippen LogP contribution in [0.1, 0.15) is 19.4 Å². The van der Waals surface area contributed by atoms with Gasteiger partial charge in [0.25, 0.3) is 5.69 Å². The Kier molecular flexibility index (Phi) is 4.32. The molecule has 1 aromatic carbocycles. The van der Waals surface area contributed by atoms with Crippen molar-refractivity contribution in [3.8, 4) is 0 Å². The fraction of sp³-hybridized carbons (Fsp3) is 0.500. The minimum atomic E-state index is -3.35. The first-order chi connectivity index (χ1) is 8.57. The molecule has 2 N–H and O–H groups in total. The van der Waals surface area contributed by atoms with Crippen molar-refractivity contribution in [1.29, 1.82) is 0 Å². The topological polar surface area (TPSA) is 103 Å². The minimum Gasteiger partial charge on any atom is -0.326 e. The third-order valence-electron chi connectivity index (χ3n) is 3.48. The molecule has 0 aliphatic carbocycles. The minimum absolute atomic E-state index is 0.0396. The van der Waals surface area contributed by atoms with E-state index in [1.165, 1.54) is 19.9 Å². The molecule has 0 saturated carbocycles. The largest absolute Gasteiger partial charge is 0.326 e. The third kappa shape index (κ3) is 3.30. The summed E-state index contributed by atoms with van der Waals surface area (Å²) in [7, 11) is -3.35. The average molecular weight is 286 g/mol. The Balaban J connectivity index is 3.08. The van der Waals surface area contributed by atoms with Crippen LogP contribution in [0.4, 0.5) is 5.69 Å². The molecule has 0 heterocycles. The van der Waals surface area contributed by atoms with E-state index in [2.05, 4.69) is 0 Å². The summed E-state index contributed by atoms with van der Waals surface area (Å²) in [5, 5.41) is 10.9. The van der Waals surface area contributed by atoms with Gasteiger partial charge in [-0.1, -0.05) is 18.2 Å². The molecule has 19 heavy (non-hydrogen) atoms. The molecule has 6 nitrogen and oxygen atoms in total. The molecule has 1 unspecified atom stereocenters. The summed E-state index contributed by atoms with van der Waals surface area (Å²) in [6, 6.07) is 5.49. The van der Waals surface area contributed by atoms with Crippen molar-refractivity contribution in [3.05, 3.63) is 39.9 Å². The normalized spacial score (nSPS) is 14.1. The van der Waals surface area contributed by atoms with E-state index in [0.717, 1.165) is 6.26 Å². The predicted octanol–water partition coefficient (Wildman–Crippen LogP) is 1.29. The lowest BCUT2D eigenvalue weighted by atomic mass is 9.95. The predicted molar refractivity (Wildman–Crippen MR) is 73.7 cm³/mol. The molecule has 0 aliphatic heterocycles. The lowest BCUT2D eigenvalue weighted by Gasteiger charge is -2.29. The van der Waals surface area contributed by atoms with Crippen LogP contribution in [0.15, 0.2) is 24.3 Å². The maximum Gasteiger partial charge on any atom is 0.272 e. The lowest BCUT2D eigenvalue weighted by Crippen LogP contribution is -2.50. The molecule has 1 atom stereocenters. The Morgan fingerprint density at radius 2 is 1.89 bits per heavy atom. The number of hydrogen-bond donors (Lipinski definition) is 1. The standard InChI is InChI=1S/C12H18N2O4S/c1-12(2,19(3,17)18)11(13)8-9-6-4-5-7-10(9)14(15)16/h4-7,11H,8,13H2,1-3H3. The van der Waals surface area contributed by atoms with Crippen LogP contribution in [-0.4, -0.2) is 30.4 Å². The molecule has 0 radical (unpaired) electrons. The molecular formula is C12H18N2O4S. The first-order valence-electron chi connectivity index (χ1n) is 5.75. The fourth-order valence-electron chi connectivity index (χ4n) is 1.62. The Morgan fingerprint density at radius 3 is 2.37 bits per heavy atom. The molecule has 1 aromatic rings. The number of para-hydroxylation sites is 1. The molecule has 0 aromatic heterocycles. The molecule has 7 heteroatoms. The second-order valence-electron chi connectivity index (χ2n) is 5.07. The van der Waals surface area contributed by atoms with Gasteiger partial charge in [-0.15, -0.1) is 0 Å². The van der Waals surface area contributed by atoms with Gasteiger partial charge in [-0.25, -0.2) is 8.42 Å². The highest BCUT2D eigenvalue weighted by Gasteiger charge is 2.37. The fourth-order valence-corrected chi connectivity index (χ4v) is 2.25. The van der Waals surface area contributed by atoms with Crippen molar-refractivity contribution in [1.82, 2.24) is 0 Å². The summed E-state index contributed by atoms with van der Waals surface area (Å²) in [5.74, 6) is 0. The van der Waals surface area contributed by atoms with Gasteiger partial charge in [0, 0.05) is 23.9 Å². The van der Waals surface area contributed by atoms with Crippen molar-refractivity contribution in [2.24, 2.45) is 5.73 Å². The summed E-state index contributed by atoms with van der Waals surface area (Å²) in [5.41, 5.74) is 6.34. The van der Waals surface area contributed by atoms with E-state index < -0.39 is 25.5 Å². The summed E-state index contributed by atoms with van der Waals surface area (Å²) in [6.45, 7) is 3.06. The van der Waals surface area contributed by atoms with E-state index in [-0.39, 0.29) is 12.1 Å². The molecule has 0 aliphatic rings. The second kappa shape index (κ2) is 5.26. The number of nitro groups is 1. The molecular weight excluding hydrogens is 268 g/mol. The molecule has 0 spiro atoms. The van der Waals surface area contributed by atoms with E-state index in [0.29, 0.717) is 5.56 Å². The quantitative estimate of drug-likeness (QED) is 0.649. The summed E-state index contributed by atoms with van der Waals surface area (Å²) >= 11 is 0. The van der Waals surface area contributed by atoms with Crippen LogP contribution in [0.2, 0.25) is 0 Å². The third-order valence-corrected chi connectivity index (χ3v) is 5.69. The van der Waals surface area contributed by atoms with Gasteiger partial charge in [-0.2, -0.15) is 0 Å². The number of nitro benzene ring substituents is 1. The van der Waals surface area contributed by atoms with Crippen LogP contribution in [0.5, 0.6) is 0 Å². The molecule has 0 amide bonds. The Labute approximate surface area is 112 Å². The number of hydrogen-bond acceptors (Lipinski definition) is 5. The summed E-state index contributed by atoms with van der Waals surface area (Å²) in [4.78, 5) is 10.4. The maximum absolute atomic E-state index is 11.7. The van der Waals surface area contributed by atoms with E-state index in [4.69, 9.17) is 5.73 Å². The first-order valence-corrected chi connectivity index (χ1v) is 7.64. The average Bonchev–Trinajstić information content (AvgIpc) is 2.27. The molecule has 1 rings (SSSR count). The van der Waals surface area contributed by atoms with Crippen LogP contribution in [0.25, 0.3) is 0 Å². The van der Waals surface area contributed by atoms with E-state index >= 15 is 0 Å². The zero-order chi connectivity index (χ0) is 14.8. The van der Waals surface area contributed by atoms with Gasteiger partial charge in [0.1, 0.15) is 0 Å². The van der Waals surface area contributed by atoms with E-state index in [9.17, 15) is 18.5 Å². The van der Waals surface area contributed by atoms with Crippen LogP contribution in [0.3, 0.4) is 0 Å². The lowest BCUT2D eigenvalue weighted by molar-refractivity contribution is -0.385. The van der Waals surface area contributed by atoms with Crippen LogP contribution < -0.4 is 5.73 Å². The zero-order valence-corrected chi connectivity index (χ0v) is 12.0. The zero-order valence-electron chi connectivity index (χ0n) is 11.2. The molecule has 0 bridgehead atoms. The van der Waals surface area contributed by atoms with Crippen molar-refractivity contribution in [2.75, 3.05) is 6.26 Å². The Morgan fingerprint density at radius 1 is 1.37 bits per heavy atom. The van der Waals surface area contributed by atoms with Gasteiger partial charge in [-0.3, -0.25) is 10.1 Å². The van der Waals surface area contributed by atoms with Crippen LogP contribution in [-0.2, 0) is 16.3 Å². The highest BCUT2D eigenvalue weighted by molar-refractivity contribution is 7.92. The first kappa shape index (κ1) is 15.6. The number of sulfone groups is 1. The number of nitrogens with zero attached hydrogens (tertiary/aromatic N) is 1. The van der Waals surface area contributed by atoms with Gasteiger partial charge in [-0.05, 0) is 20.3 Å². The Hall–Kier alpha value is -1.47. The number of benzene rings is 1. The van der Waals surface area contributed by atoms with E-state index in [1.807, 2.05) is 0 Å². The Bertz CT molecular complexity index is 581. The van der Waals surface area contributed by atoms with Gasteiger partial charge in [0.2, 0.25) is 0 Å². The van der Waals surface area contributed by atoms with Crippen LogP contribution >= 0.6 is 0 Å². The summed E-state index contributed by atoms with van der Waals surface area (Å²) < 4.78 is 22.2. The monoisotopic (exact) mass is 286 g/mol. The highest BCUT2D eigenvalue weighted by Crippen LogP contribution is 2.25. The number of rotatable bonds is 5. The molecule has 0 fully saturated rings. The second-order valence-corrected chi connectivity index (χ2v) is 7.67.